The van der Waals surface area contributed by atoms with Gasteiger partial charge >= 0.3 is 6.09 Å². The molecule has 5 heteroatoms. The summed E-state index contributed by atoms with van der Waals surface area (Å²) in [4.78, 5) is 13.4. The first-order valence-corrected chi connectivity index (χ1v) is 6.34. The van der Waals surface area contributed by atoms with Gasteiger partial charge in [-0.05, 0) is 48.8 Å². The number of nitrogens with zero attached hydrogens (tertiary/aromatic N) is 1. The lowest BCUT2D eigenvalue weighted by atomic mass is 10.2. The van der Waals surface area contributed by atoms with E-state index >= 15 is 0 Å². The molecule has 0 heterocycles. The zero-order chi connectivity index (χ0) is 13.9. The minimum atomic E-state index is -0.517. The summed E-state index contributed by atoms with van der Waals surface area (Å²) in [6.45, 7) is 5.50. The normalized spacial score (nSPS) is 11.0. The van der Waals surface area contributed by atoms with Gasteiger partial charge in [-0.2, -0.15) is 0 Å². The first-order valence-electron chi connectivity index (χ1n) is 5.55. The summed E-state index contributed by atoms with van der Waals surface area (Å²) in [7, 11) is 3.24. The summed E-state index contributed by atoms with van der Waals surface area (Å²) >= 11 is 3.40. The lowest BCUT2D eigenvalue weighted by molar-refractivity contribution is 0.0589. The summed E-state index contributed by atoms with van der Waals surface area (Å²) in [5.41, 5.74) is 0.181. The molecule has 0 N–H and O–H groups in total. The van der Waals surface area contributed by atoms with E-state index in [1.165, 1.54) is 4.90 Å². The quantitative estimate of drug-likeness (QED) is 0.832. The Labute approximate surface area is 116 Å². The van der Waals surface area contributed by atoms with Gasteiger partial charge in [-0.15, -0.1) is 0 Å². The molecule has 0 atom stereocenters. The Morgan fingerprint density at radius 3 is 2.44 bits per heavy atom. The molecule has 0 saturated heterocycles. The van der Waals surface area contributed by atoms with Crippen LogP contribution in [-0.2, 0) is 4.74 Å². The molecule has 0 bridgehead atoms. The van der Waals surface area contributed by atoms with E-state index in [1.54, 1.807) is 20.2 Å². The number of benzene rings is 1. The smallest absolute Gasteiger partial charge is 0.414 e. The van der Waals surface area contributed by atoms with Crippen LogP contribution in [0.1, 0.15) is 20.8 Å². The SMILES string of the molecule is COc1ccc(Br)c(N(C)C(=O)OC(C)(C)C)c1. The molecule has 0 aliphatic heterocycles. The summed E-state index contributed by atoms with van der Waals surface area (Å²) in [5.74, 6) is 0.684. The molecule has 0 saturated carbocycles. The van der Waals surface area contributed by atoms with E-state index < -0.39 is 11.7 Å². The van der Waals surface area contributed by atoms with Gasteiger partial charge in [0.25, 0.3) is 0 Å². The molecule has 1 aromatic carbocycles. The Kier molecular flexibility index (Phi) is 4.62. The van der Waals surface area contributed by atoms with E-state index in [1.807, 2.05) is 32.9 Å². The highest BCUT2D eigenvalue weighted by Gasteiger charge is 2.22. The first-order chi connectivity index (χ1) is 8.24. The van der Waals surface area contributed by atoms with Crippen molar-refractivity contribution in [2.75, 3.05) is 19.1 Å². The Morgan fingerprint density at radius 2 is 1.94 bits per heavy atom. The molecule has 100 valence electrons. The van der Waals surface area contributed by atoms with Crippen LogP contribution in [-0.4, -0.2) is 25.9 Å². The van der Waals surface area contributed by atoms with E-state index in [-0.39, 0.29) is 0 Å². The number of anilines is 1. The summed E-state index contributed by atoms with van der Waals surface area (Å²) in [6.07, 6.45) is -0.406. The molecule has 0 fully saturated rings. The van der Waals surface area contributed by atoms with Crippen molar-refractivity contribution in [2.24, 2.45) is 0 Å². The van der Waals surface area contributed by atoms with E-state index in [0.717, 1.165) is 4.47 Å². The highest BCUT2D eigenvalue weighted by molar-refractivity contribution is 9.10. The monoisotopic (exact) mass is 315 g/mol. The number of ether oxygens (including phenoxy) is 2. The third-order valence-corrected chi connectivity index (χ3v) is 2.85. The highest BCUT2D eigenvalue weighted by Crippen LogP contribution is 2.30. The number of methoxy groups -OCH3 is 1. The van der Waals surface area contributed by atoms with Crippen LogP contribution < -0.4 is 9.64 Å². The Balaban J connectivity index is 2.96. The van der Waals surface area contributed by atoms with Gasteiger partial charge in [0.1, 0.15) is 11.4 Å². The number of carbonyl (C=O) groups is 1. The van der Waals surface area contributed by atoms with Crippen LogP contribution in [0.15, 0.2) is 22.7 Å². The molecule has 1 amide bonds. The fraction of sp³-hybridized carbons (Fsp3) is 0.462. The van der Waals surface area contributed by atoms with Crippen LogP contribution in [0.4, 0.5) is 10.5 Å². The van der Waals surface area contributed by atoms with Crippen molar-refractivity contribution in [2.45, 2.75) is 26.4 Å². The maximum Gasteiger partial charge on any atom is 0.414 e. The van der Waals surface area contributed by atoms with Crippen LogP contribution >= 0.6 is 15.9 Å². The van der Waals surface area contributed by atoms with Gasteiger partial charge in [0.15, 0.2) is 0 Å². The molecule has 4 nitrogen and oxygen atoms in total. The van der Waals surface area contributed by atoms with E-state index in [0.29, 0.717) is 11.4 Å². The second-order valence-corrected chi connectivity index (χ2v) is 5.71. The van der Waals surface area contributed by atoms with Gasteiger partial charge in [0.05, 0.1) is 12.8 Å². The first kappa shape index (κ1) is 14.8. The Bertz CT molecular complexity index is 440. The largest absolute Gasteiger partial charge is 0.497 e. The van der Waals surface area contributed by atoms with Gasteiger partial charge in [-0.3, -0.25) is 4.90 Å². The minimum absolute atomic E-state index is 0.406. The van der Waals surface area contributed by atoms with Crippen LogP contribution in [0.3, 0.4) is 0 Å². The summed E-state index contributed by atoms with van der Waals surface area (Å²) in [5, 5.41) is 0. The fourth-order valence-corrected chi connectivity index (χ4v) is 1.82. The van der Waals surface area contributed by atoms with Crippen molar-refractivity contribution in [1.82, 2.24) is 0 Å². The topological polar surface area (TPSA) is 38.8 Å². The molecule has 0 radical (unpaired) electrons. The second-order valence-electron chi connectivity index (χ2n) is 4.86. The van der Waals surface area contributed by atoms with Gasteiger partial charge in [-0.25, -0.2) is 4.79 Å². The van der Waals surface area contributed by atoms with Crippen molar-refractivity contribution in [1.29, 1.82) is 0 Å². The van der Waals surface area contributed by atoms with Crippen molar-refractivity contribution in [3.8, 4) is 5.75 Å². The number of amides is 1. The Morgan fingerprint density at radius 1 is 1.33 bits per heavy atom. The van der Waals surface area contributed by atoms with Crippen molar-refractivity contribution in [3.05, 3.63) is 22.7 Å². The molecule has 1 aromatic rings. The zero-order valence-electron chi connectivity index (χ0n) is 11.3. The van der Waals surface area contributed by atoms with Gasteiger partial charge in [-0.1, -0.05) is 0 Å². The predicted octanol–water partition coefficient (Wildman–Crippen LogP) is 3.83. The standard InChI is InChI=1S/C13H18BrNO3/c1-13(2,3)18-12(16)15(4)11-8-9(17-5)6-7-10(11)14/h6-8H,1-5H3. The van der Waals surface area contributed by atoms with Crippen LogP contribution in [0.2, 0.25) is 0 Å². The minimum Gasteiger partial charge on any atom is -0.497 e. The predicted molar refractivity (Wildman–Crippen MR) is 75.3 cm³/mol. The third kappa shape index (κ3) is 3.91. The average molecular weight is 316 g/mol. The van der Waals surface area contributed by atoms with Crippen molar-refractivity contribution >= 4 is 27.7 Å². The molecule has 0 aliphatic carbocycles. The molecular formula is C13H18BrNO3. The number of rotatable bonds is 2. The fourth-order valence-electron chi connectivity index (χ4n) is 1.31. The van der Waals surface area contributed by atoms with Crippen LogP contribution in [0, 0.1) is 0 Å². The summed E-state index contributed by atoms with van der Waals surface area (Å²) < 4.78 is 11.3. The Hall–Kier alpha value is -1.23. The molecule has 0 aromatic heterocycles. The van der Waals surface area contributed by atoms with Crippen LogP contribution in [0.5, 0.6) is 5.75 Å². The molecule has 18 heavy (non-hydrogen) atoms. The molecule has 0 spiro atoms. The number of hydrogen-bond donors (Lipinski definition) is 0. The number of hydrogen-bond acceptors (Lipinski definition) is 3. The summed E-state index contributed by atoms with van der Waals surface area (Å²) in [6, 6.07) is 5.42. The lowest BCUT2D eigenvalue weighted by Gasteiger charge is -2.25. The molecule has 1 rings (SSSR count). The maximum atomic E-state index is 12.0. The van der Waals surface area contributed by atoms with Crippen LogP contribution in [0.25, 0.3) is 0 Å². The lowest BCUT2D eigenvalue weighted by Crippen LogP contribution is -2.34. The van der Waals surface area contributed by atoms with E-state index in [9.17, 15) is 4.79 Å². The zero-order valence-corrected chi connectivity index (χ0v) is 12.9. The van der Waals surface area contributed by atoms with Gasteiger partial charge < -0.3 is 9.47 Å². The van der Waals surface area contributed by atoms with E-state index in [2.05, 4.69) is 15.9 Å². The maximum absolute atomic E-state index is 12.0. The molecular weight excluding hydrogens is 298 g/mol. The number of carbonyl (C=O) groups excluding carboxylic acids is 1. The second kappa shape index (κ2) is 5.61. The van der Waals surface area contributed by atoms with Gasteiger partial charge in [0, 0.05) is 17.6 Å². The van der Waals surface area contributed by atoms with Gasteiger partial charge in [0.2, 0.25) is 0 Å². The average Bonchev–Trinajstić information content (AvgIpc) is 2.26. The van der Waals surface area contributed by atoms with E-state index in [4.69, 9.17) is 9.47 Å². The third-order valence-electron chi connectivity index (χ3n) is 2.18. The van der Waals surface area contributed by atoms with Crippen molar-refractivity contribution < 1.29 is 14.3 Å². The number of halogens is 1. The van der Waals surface area contributed by atoms with Crippen molar-refractivity contribution in [3.63, 3.8) is 0 Å². The molecule has 0 unspecified atom stereocenters. The molecule has 0 aliphatic rings. The highest BCUT2D eigenvalue weighted by atomic mass is 79.9.